The van der Waals surface area contributed by atoms with Crippen molar-refractivity contribution < 1.29 is 22.8 Å². The Labute approximate surface area is 172 Å². The Hall–Kier alpha value is -2.48. The maximum Gasteiger partial charge on any atom is 0.418 e. The van der Waals surface area contributed by atoms with Gasteiger partial charge in [-0.1, -0.05) is 31.5 Å². The second kappa shape index (κ2) is 10.3. The molecule has 0 aliphatic heterocycles. The molecule has 2 amide bonds. The van der Waals surface area contributed by atoms with Gasteiger partial charge in [0.05, 0.1) is 16.5 Å². The molecule has 2 aromatic carbocycles. The van der Waals surface area contributed by atoms with E-state index in [9.17, 15) is 22.8 Å². The smallest absolute Gasteiger partial charge is 0.326 e. The van der Waals surface area contributed by atoms with Crippen molar-refractivity contribution in [3.63, 3.8) is 0 Å². The van der Waals surface area contributed by atoms with Crippen LogP contribution in [0.1, 0.15) is 38.7 Å². The van der Waals surface area contributed by atoms with Gasteiger partial charge in [-0.25, -0.2) is 0 Å². The average molecular weight is 424 g/mol. The minimum atomic E-state index is -4.55. The molecule has 2 N–H and O–H groups in total. The Kier molecular flexibility index (Phi) is 8.13. The van der Waals surface area contributed by atoms with Crippen molar-refractivity contribution >= 4 is 35.0 Å². The molecule has 8 heteroatoms. The van der Waals surface area contributed by atoms with Gasteiger partial charge in [-0.05, 0) is 43.7 Å². The molecule has 2 aromatic rings. The normalized spacial score (nSPS) is 12.3. The van der Waals surface area contributed by atoms with Crippen molar-refractivity contribution in [2.45, 2.75) is 49.4 Å². The minimum Gasteiger partial charge on any atom is -0.326 e. The van der Waals surface area contributed by atoms with E-state index in [1.807, 2.05) is 6.92 Å². The van der Waals surface area contributed by atoms with Crippen molar-refractivity contribution in [1.82, 2.24) is 0 Å². The summed E-state index contributed by atoms with van der Waals surface area (Å²) in [5, 5.41) is 4.53. The van der Waals surface area contributed by atoms with Gasteiger partial charge in [0.2, 0.25) is 11.8 Å². The lowest BCUT2D eigenvalue weighted by Gasteiger charge is -2.16. The largest absolute Gasteiger partial charge is 0.418 e. The molecule has 4 nitrogen and oxygen atoms in total. The molecule has 0 aromatic heterocycles. The molecular weight excluding hydrogens is 401 g/mol. The zero-order valence-corrected chi connectivity index (χ0v) is 17.0. The summed E-state index contributed by atoms with van der Waals surface area (Å²) in [6, 6.07) is 11.9. The summed E-state index contributed by atoms with van der Waals surface area (Å²) in [6.45, 7) is 3.62. The van der Waals surface area contributed by atoms with Gasteiger partial charge in [-0.3, -0.25) is 9.59 Å². The van der Waals surface area contributed by atoms with E-state index >= 15 is 0 Å². The predicted molar refractivity (Wildman–Crippen MR) is 110 cm³/mol. The fourth-order valence-corrected chi connectivity index (χ4v) is 3.47. The number of rotatable bonds is 8. The molecule has 0 saturated heterocycles. The van der Waals surface area contributed by atoms with E-state index in [2.05, 4.69) is 10.6 Å². The van der Waals surface area contributed by atoms with Gasteiger partial charge in [0.25, 0.3) is 0 Å². The first kappa shape index (κ1) is 22.8. The van der Waals surface area contributed by atoms with Gasteiger partial charge in [-0.15, -0.1) is 11.8 Å². The molecule has 0 aliphatic rings. The van der Waals surface area contributed by atoms with Gasteiger partial charge in [-0.2, -0.15) is 13.2 Å². The predicted octanol–water partition coefficient (Wildman–Crippen LogP) is 5.95. The summed E-state index contributed by atoms with van der Waals surface area (Å²) in [5.74, 6) is -0.618. The van der Waals surface area contributed by atoms with Gasteiger partial charge in [0.15, 0.2) is 0 Å². The van der Waals surface area contributed by atoms with Gasteiger partial charge >= 0.3 is 6.18 Å². The van der Waals surface area contributed by atoms with E-state index in [-0.39, 0.29) is 11.6 Å². The van der Waals surface area contributed by atoms with Crippen molar-refractivity contribution in [2.24, 2.45) is 0 Å². The van der Waals surface area contributed by atoms with E-state index in [1.54, 1.807) is 31.2 Å². The number of carbonyl (C=O) groups excluding carboxylic acids is 2. The first-order valence-electron chi connectivity index (χ1n) is 9.24. The summed E-state index contributed by atoms with van der Waals surface area (Å²) in [6.07, 6.45) is -2.39. The number of alkyl halides is 3. The number of halogens is 3. The number of hydrogen-bond donors (Lipinski definition) is 2. The zero-order chi connectivity index (χ0) is 21.4. The van der Waals surface area contributed by atoms with Gasteiger partial charge < -0.3 is 10.6 Å². The number of benzene rings is 2. The van der Waals surface area contributed by atoms with Crippen LogP contribution >= 0.6 is 11.8 Å². The van der Waals surface area contributed by atoms with E-state index in [1.165, 1.54) is 30.0 Å². The summed E-state index contributed by atoms with van der Waals surface area (Å²) in [7, 11) is 0. The fourth-order valence-electron chi connectivity index (χ4n) is 2.54. The first-order chi connectivity index (χ1) is 13.7. The molecule has 0 aliphatic carbocycles. The second-order valence-electron chi connectivity index (χ2n) is 6.47. The van der Waals surface area contributed by atoms with Gasteiger partial charge in [0, 0.05) is 17.0 Å². The monoisotopic (exact) mass is 424 g/mol. The third kappa shape index (κ3) is 7.12. The van der Waals surface area contributed by atoms with Crippen LogP contribution < -0.4 is 10.6 Å². The van der Waals surface area contributed by atoms with Crippen molar-refractivity contribution in [3.05, 3.63) is 54.1 Å². The molecule has 1 unspecified atom stereocenters. The first-order valence-corrected chi connectivity index (χ1v) is 10.1. The Bertz CT molecular complexity index is 856. The Balaban J connectivity index is 2.02. The average Bonchev–Trinajstić information content (AvgIpc) is 2.66. The van der Waals surface area contributed by atoms with Crippen LogP contribution in [-0.4, -0.2) is 17.1 Å². The molecule has 0 heterocycles. The van der Waals surface area contributed by atoms with Crippen molar-refractivity contribution in [2.75, 3.05) is 10.6 Å². The lowest BCUT2D eigenvalue weighted by molar-refractivity contribution is -0.137. The number of hydrogen-bond acceptors (Lipinski definition) is 3. The highest BCUT2D eigenvalue weighted by Gasteiger charge is 2.33. The van der Waals surface area contributed by atoms with Crippen molar-refractivity contribution in [3.8, 4) is 0 Å². The second-order valence-corrected chi connectivity index (χ2v) is 7.89. The molecule has 0 saturated carbocycles. The number of unbranched alkanes of at least 4 members (excludes halogenated alkanes) is 1. The Morgan fingerprint density at radius 2 is 1.79 bits per heavy atom. The maximum absolute atomic E-state index is 13.1. The summed E-state index contributed by atoms with van der Waals surface area (Å²) in [5.41, 5.74) is -0.539. The van der Waals surface area contributed by atoms with Crippen LogP contribution in [0, 0.1) is 0 Å². The van der Waals surface area contributed by atoms with Crippen LogP contribution in [0.25, 0.3) is 0 Å². The van der Waals surface area contributed by atoms with E-state index < -0.39 is 22.9 Å². The van der Waals surface area contributed by atoms with Crippen LogP contribution in [0.4, 0.5) is 24.5 Å². The molecule has 0 fully saturated rings. The summed E-state index contributed by atoms with van der Waals surface area (Å²) in [4.78, 5) is 25.0. The molecule has 0 radical (unpaired) electrons. The molecule has 29 heavy (non-hydrogen) atoms. The number of amides is 2. The number of thioether (sulfide) groups is 1. The minimum absolute atomic E-state index is 0.0800. The molecule has 0 spiro atoms. The Morgan fingerprint density at radius 1 is 1.07 bits per heavy atom. The topological polar surface area (TPSA) is 58.2 Å². The van der Waals surface area contributed by atoms with Crippen LogP contribution in [-0.2, 0) is 15.8 Å². The fraction of sp³-hybridized carbons (Fsp3) is 0.333. The molecule has 156 valence electrons. The number of nitrogens with one attached hydrogen (secondary N) is 2. The number of carbonyl (C=O) groups is 2. The number of anilines is 2. The zero-order valence-electron chi connectivity index (χ0n) is 16.2. The van der Waals surface area contributed by atoms with Gasteiger partial charge in [0.1, 0.15) is 0 Å². The van der Waals surface area contributed by atoms with Crippen molar-refractivity contribution in [1.29, 1.82) is 0 Å². The van der Waals surface area contributed by atoms with Crippen LogP contribution in [0.2, 0.25) is 0 Å². The molecule has 2 rings (SSSR count). The van der Waals surface area contributed by atoms with Crippen LogP contribution in [0.3, 0.4) is 0 Å². The molecule has 0 bridgehead atoms. The van der Waals surface area contributed by atoms with Crippen LogP contribution in [0.15, 0.2) is 53.4 Å². The third-order valence-corrected chi connectivity index (χ3v) is 5.14. The molecule has 1 atom stereocenters. The standard InChI is InChI=1S/C21H23F3N2O2S/c1-3-4-12-19(27)25-15-8-7-9-16(13-15)29-14(2)20(28)26-18-11-6-5-10-17(18)21(22,23)24/h5-11,13-14H,3-4,12H2,1-2H3,(H,25,27)(H,26,28). The lowest BCUT2D eigenvalue weighted by Crippen LogP contribution is -2.24. The quantitative estimate of drug-likeness (QED) is 0.515. The summed E-state index contributed by atoms with van der Waals surface area (Å²) >= 11 is 1.20. The summed E-state index contributed by atoms with van der Waals surface area (Å²) < 4.78 is 39.2. The van der Waals surface area contributed by atoms with Crippen LogP contribution in [0.5, 0.6) is 0 Å². The van der Waals surface area contributed by atoms with E-state index in [0.717, 1.165) is 23.8 Å². The third-order valence-electron chi connectivity index (χ3n) is 4.05. The van der Waals surface area contributed by atoms with E-state index in [0.29, 0.717) is 12.1 Å². The highest BCUT2D eigenvalue weighted by Crippen LogP contribution is 2.35. The number of para-hydroxylation sites is 1. The Morgan fingerprint density at radius 3 is 2.48 bits per heavy atom. The SMILES string of the molecule is CCCCC(=O)Nc1cccc(SC(C)C(=O)Nc2ccccc2C(F)(F)F)c1. The maximum atomic E-state index is 13.1. The van der Waals surface area contributed by atoms with E-state index in [4.69, 9.17) is 0 Å². The highest BCUT2D eigenvalue weighted by molar-refractivity contribution is 8.00. The highest BCUT2D eigenvalue weighted by atomic mass is 32.2. The lowest BCUT2D eigenvalue weighted by atomic mass is 10.1. The molecular formula is C21H23F3N2O2S.